The number of esters is 1. The van der Waals surface area contributed by atoms with E-state index in [0.29, 0.717) is 17.3 Å². The Labute approximate surface area is 156 Å². The van der Waals surface area contributed by atoms with Crippen molar-refractivity contribution in [1.29, 1.82) is 0 Å². The van der Waals surface area contributed by atoms with Gasteiger partial charge in [0.05, 0.1) is 11.4 Å². The van der Waals surface area contributed by atoms with E-state index in [1.165, 1.54) is 11.8 Å². The second-order valence-corrected chi connectivity index (χ2v) is 6.94. The molecule has 2 rings (SSSR count). The first kappa shape index (κ1) is 19.3. The molecule has 0 fully saturated rings. The maximum absolute atomic E-state index is 11.8. The zero-order valence-electron chi connectivity index (χ0n) is 14.0. The van der Waals surface area contributed by atoms with E-state index in [2.05, 4.69) is 5.32 Å². The van der Waals surface area contributed by atoms with Gasteiger partial charge in [-0.25, -0.2) is 0 Å². The summed E-state index contributed by atoms with van der Waals surface area (Å²) in [7, 11) is 0. The molecule has 132 valence electrons. The van der Waals surface area contributed by atoms with Crippen molar-refractivity contribution in [1.82, 2.24) is 5.32 Å². The predicted octanol–water partition coefficient (Wildman–Crippen LogP) is 3.99. The normalized spacial score (nSPS) is 10.3. The van der Waals surface area contributed by atoms with Crippen LogP contribution in [0.1, 0.15) is 17.5 Å². The van der Waals surface area contributed by atoms with Gasteiger partial charge < -0.3 is 10.1 Å². The average molecular weight is 378 g/mol. The van der Waals surface area contributed by atoms with Crippen molar-refractivity contribution in [3.8, 4) is 0 Å². The molecule has 4 nitrogen and oxygen atoms in total. The Morgan fingerprint density at radius 2 is 1.84 bits per heavy atom. The quantitative estimate of drug-likeness (QED) is 0.558. The molecule has 1 N–H and O–H groups in total. The number of benzene rings is 2. The molecule has 0 saturated heterocycles. The molecule has 0 aliphatic heterocycles. The second kappa shape index (κ2) is 10.1. The lowest BCUT2D eigenvalue weighted by Gasteiger charge is -2.08. The highest BCUT2D eigenvalue weighted by Gasteiger charge is 2.09. The Balaban J connectivity index is 1.63. The lowest BCUT2D eigenvalue weighted by atomic mass is 10.1. The molecule has 2 aromatic rings. The van der Waals surface area contributed by atoms with E-state index < -0.39 is 5.97 Å². The van der Waals surface area contributed by atoms with E-state index in [1.807, 2.05) is 49.4 Å². The van der Waals surface area contributed by atoms with Crippen LogP contribution in [0.3, 0.4) is 0 Å². The molecule has 1 amide bonds. The van der Waals surface area contributed by atoms with Gasteiger partial charge in [-0.05, 0) is 30.2 Å². The van der Waals surface area contributed by atoms with Crippen LogP contribution in [0.25, 0.3) is 0 Å². The number of thioether (sulfide) groups is 1. The minimum atomic E-state index is -0.398. The van der Waals surface area contributed by atoms with Crippen molar-refractivity contribution in [3.05, 3.63) is 64.7 Å². The van der Waals surface area contributed by atoms with Crippen molar-refractivity contribution in [2.75, 3.05) is 12.4 Å². The summed E-state index contributed by atoms with van der Waals surface area (Å²) >= 11 is 7.53. The van der Waals surface area contributed by atoms with E-state index in [9.17, 15) is 9.59 Å². The maximum atomic E-state index is 11.8. The van der Waals surface area contributed by atoms with Gasteiger partial charge in [0.25, 0.3) is 5.91 Å². The largest absolute Gasteiger partial charge is 0.456 e. The van der Waals surface area contributed by atoms with Gasteiger partial charge in [-0.2, -0.15) is 0 Å². The third-order valence-electron chi connectivity index (χ3n) is 3.50. The van der Waals surface area contributed by atoms with E-state index in [4.69, 9.17) is 16.3 Å². The second-order valence-electron chi connectivity index (χ2n) is 5.39. The summed E-state index contributed by atoms with van der Waals surface area (Å²) in [5.74, 6) is -0.158. The molecular formula is C19H20ClNO3S. The number of carbonyl (C=O) groups excluding carboxylic acids is 2. The van der Waals surface area contributed by atoms with Crippen molar-refractivity contribution in [2.45, 2.75) is 24.8 Å². The third-order valence-corrected chi connectivity index (χ3v) is 5.02. The molecule has 0 aliphatic rings. The number of ether oxygens (including phenoxy) is 1. The van der Waals surface area contributed by atoms with Gasteiger partial charge >= 0.3 is 5.97 Å². The SMILES string of the molecule is Cc1ccccc1CNC(=O)COC(=O)CCSc1ccccc1Cl. The molecule has 0 spiro atoms. The molecule has 0 saturated carbocycles. The zero-order valence-corrected chi connectivity index (χ0v) is 15.5. The van der Waals surface area contributed by atoms with Gasteiger partial charge in [-0.3, -0.25) is 9.59 Å². The van der Waals surface area contributed by atoms with Gasteiger partial charge in [-0.1, -0.05) is 48.0 Å². The van der Waals surface area contributed by atoms with E-state index in [-0.39, 0.29) is 18.9 Å². The Kier molecular flexibility index (Phi) is 7.82. The van der Waals surface area contributed by atoms with Crippen molar-refractivity contribution in [2.24, 2.45) is 0 Å². The van der Waals surface area contributed by atoms with Gasteiger partial charge in [0.1, 0.15) is 0 Å². The summed E-state index contributed by atoms with van der Waals surface area (Å²) in [6.07, 6.45) is 0.223. The van der Waals surface area contributed by atoms with Gasteiger partial charge in [0.15, 0.2) is 6.61 Å². The van der Waals surface area contributed by atoms with Crippen molar-refractivity contribution >= 4 is 35.2 Å². The predicted molar refractivity (Wildman–Crippen MR) is 101 cm³/mol. The lowest BCUT2D eigenvalue weighted by molar-refractivity contribution is -0.148. The Bertz CT molecular complexity index is 736. The highest BCUT2D eigenvalue weighted by molar-refractivity contribution is 7.99. The standard InChI is InChI=1S/C19H20ClNO3S/c1-14-6-2-3-7-15(14)12-21-18(22)13-24-19(23)10-11-25-17-9-5-4-8-16(17)20/h2-9H,10-13H2,1H3,(H,21,22). The molecule has 6 heteroatoms. The highest BCUT2D eigenvalue weighted by atomic mass is 35.5. The van der Waals surface area contributed by atoms with Gasteiger partial charge in [-0.15, -0.1) is 11.8 Å². The molecule has 2 aromatic carbocycles. The highest BCUT2D eigenvalue weighted by Crippen LogP contribution is 2.26. The minimum Gasteiger partial charge on any atom is -0.456 e. The van der Waals surface area contributed by atoms with Crippen LogP contribution in [0, 0.1) is 6.92 Å². The number of carbonyl (C=O) groups is 2. The van der Waals surface area contributed by atoms with Gasteiger partial charge in [0, 0.05) is 17.2 Å². The monoisotopic (exact) mass is 377 g/mol. The van der Waals surface area contributed by atoms with Crippen LogP contribution in [0.2, 0.25) is 5.02 Å². The summed E-state index contributed by atoms with van der Waals surface area (Å²) in [6, 6.07) is 15.3. The number of aryl methyl sites for hydroxylation is 1. The number of amides is 1. The first-order valence-corrected chi connectivity index (χ1v) is 9.27. The van der Waals surface area contributed by atoms with Gasteiger partial charge in [0.2, 0.25) is 0 Å². The number of rotatable bonds is 8. The van der Waals surface area contributed by atoms with Crippen LogP contribution < -0.4 is 5.32 Å². The lowest BCUT2D eigenvalue weighted by Crippen LogP contribution is -2.28. The molecule has 0 bridgehead atoms. The van der Waals surface area contributed by atoms with E-state index in [0.717, 1.165) is 16.0 Å². The van der Waals surface area contributed by atoms with Crippen LogP contribution in [0.4, 0.5) is 0 Å². The Morgan fingerprint density at radius 3 is 2.60 bits per heavy atom. The summed E-state index contributed by atoms with van der Waals surface area (Å²) in [5.41, 5.74) is 2.15. The van der Waals surface area contributed by atoms with Crippen LogP contribution >= 0.6 is 23.4 Å². The fourth-order valence-corrected chi connectivity index (χ4v) is 3.25. The summed E-state index contributed by atoms with van der Waals surface area (Å²) in [4.78, 5) is 24.4. The molecule has 0 radical (unpaired) electrons. The molecule has 0 aliphatic carbocycles. The summed E-state index contributed by atoms with van der Waals surface area (Å²) < 4.78 is 4.99. The van der Waals surface area contributed by atoms with E-state index in [1.54, 1.807) is 6.07 Å². The van der Waals surface area contributed by atoms with Crippen LogP contribution in [-0.2, 0) is 20.9 Å². The molecular weight excluding hydrogens is 358 g/mol. The zero-order chi connectivity index (χ0) is 18.1. The van der Waals surface area contributed by atoms with Crippen LogP contribution in [-0.4, -0.2) is 24.2 Å². The molecule has 0 aromatic heterocycles. The third kappa shape index (κ3) is 6.80. The molecule has 0 atom stereocenters. The average Bonchev–Trinajstić information content (AvgIpc) is 2.61. The maximum Gasteiger partial charge on any atom is 0.307 e. The first-order valence-electron chi connectivity index (χ1n) is 7.90. The van der Waals surface area contributed by atoms with Crippen molar-refractivity contribution < 1.29 is 14.3 Å². The summed E-state index contributed by atoms with van der Waals surface area (Å²) in [5, 5.41) is 3.41. The smallest absolute Gasteiger partial charge is 0.307 e. The number of hydrogen-bond acceptors (Lipinski definition) is 4. The van der Waals surface area contributed by atoms with E-state index >= 15 is 0 Å². The number of nitrogens with one attached hydrogen (secondary N) is 1. The molecule has 0 unspecified atom stereocenters. The van der Waals surface area contributed by atoms with Crippen LogP contribution in [0.15, 0.2) is 53.4 Å². The number of hydrogen-bond donors (Lipinski definition) is 1. The molecule has 0 heterocycles. The fourth-order valence-electron chi connectivity index (χ4n) is 2.08. The number of halogens is 1. The topological polar surface area (TPSA) is 55.4 Å². The first-order chi connectivity index (χ1) is 12.1. The molecule has 25 heavy (non-hydrogen) atoms. The summed E-state index contributed by atoms with van der Waals surface area (Å²) in [6.45, 7) is 2.14. The minimum absolute atomic E-state index is 0.223. The Hall–Kier alpha value is -1.98. The Morgan fingerprint density at radius 1 is 1.12 bits per heavy atom. The van der Waals surface area contributed by atoms with Crippen LogP contribution in [0.5, 0.6) is 0 Å². The fraction of sp³-hybridized carbons (Fsp3) is 0.263. The van der Waals surface area contributed by atoms with Crippen molar-refractivity contribution in [3.63, 3.8) is 0 Å².